The van der Waals surface area contributed by atoms with Gasteiger partial charge in [0.15, 0.2) is 11.5 Å². The Morgan fingerprint density at radius 2 is 2.25 bits per heavy atom. The Morgan fingerprint density at radius 1 is 1.58 bits per heavy atom. The first-order valence-electron chi connectivity index (χ1n) is 3.22. The maximum absolute atomic E-state index is 10.9. The van der Waals surface area contributed by atoms with Crippen molar-refractivity contribution in [2.45, 2.75) is 0 Å². The molecule has 0 fully saturated rings. The van der Waals surface area contributed by atoms with Crippen molar-refractivity contribution < 1.29 is 14.6 Å². The summed E-state index contributed by atoms with van der Waals surface area (Å²) < 4.78 is 4.75. The number of phenols is 1. The van der Waals surface area contributed by atoms with Crippen LogP contribution in [0.4, 0.5) is 0 Å². The lowest BCUT2D eigenvalue weighted by molar-refractivity contribution is 0.110. The van der Waals surface area contributed by atoms with Gasteiger partial charge in [-0.25, -0.2) is 0 Å². The number of methoxy groups -OCH3 is 1. The lowest BCUT2D eigenvalue weighted by atomic mass is 10.2. The van der Waals surface area contributed by atoms with Gasteiger partial charge in [0.05, 0.1) is 7.11 Å². The van der Waals surface area contributed by atoms with E-state index in [1.54, 1.807) is 28.7 Å². The molecule has 0 bridgehead atoms. The molecule has 0 aliphatic rings. The molecule has 0 heterocycles. The molecule has 0 spiro atoms. The number of ether oxygens (including phenoxy) is 1. The second-order valence-corrected chi connectivity index (χ2v) is 3.14. The summed E-state index contributed by atoms with van der Waals surface area (Å²) in [5.41, 5.74) is 0.519. The molecule has 1 rings (SSSR count). The summed E-state index contributed by atoms with van der Waals surface area (Å²) in [6.07, 6.45) is 0. The van der Waals surface area contributed by atoms with Crippen molar-refractivity contribution in [1.29, 1.82) is 0 Å². The van der Waals surface area contributed by atoms with Crippen LogP contribution in [0.15, 0.2) is 18.2 Å². The molecule has 1 aromatic rings. The van der Waals surface area contributed by atoms with Crippen LogP contribution in [0.25, 0.3) is 0 Å². The minimum absolute atomic E-state index is 0.0406. The van der Waals surface area contributed by atoms with Crippen molar-refractivity contribution in [2.75, 3.05) is 7.11 Å². The lowest BCUT2D eigenvalue weighted by Crippen LogP contribution is -1.90. The largest absolute Gasteiger partial charge is 0.504 e. The molecule has 12 heavy (non-hydrogen) atoms. The van der Waals surface area contributed by atoms with Crippen LogP contribution in [0.1, 0.15) is 10.4 Å². The first kappa shape index (κ1) is 9.31. The summed E-state index contributed by atoms with van der Waals surface area (Å²) in [6.45, 7) is 0. The van der Waals surface area contributed by atoms with Crippen molar-refractivity contribution in [3.8, 4) is 11.5 Å². The van der Waals surface area contributed by atoms with Gasteiger partial charge in [-0.2, -0.15) is 0 Å². The fraction of sp³-hybridized carbons (Fsp3) is 0.125. The first-order chi connectivity index (χ1) is 5.65. The summed E-state index contributed by atoms with van der Waals surface area (Å²) in [6, 6.07) is 4.49. The molecule has 0 saturated carbocycles. The minimum atomic E-state index is -0.0779. The monoisotopic (exact) mass is 278 g/mol. The topological polar surface area (TPSA) is 46.5 Å². The van der Waals surface area contributed by atoms with Crippen molar-refractivity contribution in [3.05, 3.63) is 23.8 Å². The number of hydrogen-bond acceptors (Lipinski definition) is 3. The molecule has 0 amide bonds. The summed E-state index contributed by atoms with van der Waals surface area (Å²) in [7, 11) is 1.44. The van der Waals surface area contributed by atoms with Gasteiger partial charge in [-0.05, 0) is 18.2 Å². The van der Waals surface area contributed by atoms with E-state index >= 15 is 0 Å². The van der Waals surface area contributed by atoms with Gasteiger partial charge in [-0.1, -0.05) is 0 Å². The van der Waals surface area contributed by atoms with Gasteiger partial charge >= 0.3 is 0 Å². The van der Waals surface area contributed by atoms with E-state index in [0.717, 1.165) is 0 Å². The molecule has 0 radical (unpaired) electrons. The van der Waals surface area contributed by atoms with Gasteiger partial charge in [-0.15, -0.1) is 0 Å². The smallest absolute Gasteiger partial charge is 0.222 e. The fourth-order valence-electron chi connectivity index (χ4n) is 0.800. The number of carbonyl (C=O) groups excluding carboxylic acids is 1. The SMILES string of the molecule is COc1cc(C(=O)I)ccc1O. The third kappa shape index (κ3) is 1.88. The van der Waals surface area contributed by atoms with Crippen LogP contribution in [0.5, 0.6) is 11.5 Å². The maximum atomic E-state index is 10.9. The van der Waals surface area contributed by atoms with Crippen molar-refractivity contribution in [2.24, 2.45) is 0 Å². The van der Waals surface area contributed by atoms with E-state index in [2.05, 4.69) is 0 Å². The van der Waals surface area contributed by atoms with E-state index < -0.39 is 0 Å². The predicted molar refractivity (Wildman–Crippen MR) is 53.0 cm³/mol. The molecular formula is C8H7IO3. The zero-order chi connectivity index (χ0) is 9.14. The zero-order valence-electron chi connectivity index (χ0n) is 6.37. The predicted octanol–water partition coefficient (Wildman–Crippen LogP) is 1.98. The third-order valence-electron chi connectivity index (χ3n) is 1.41. The third-order valence-corrected chi connectivity index (χ3v) is 2.03. The average molecular weight is 278 g/mol. The van der Waals surface area contributed by atoms with E-state index in [0.29, 0.717) is 11.3 Å². The second kappa shape index (κ2) is 3.75. The van der Waals surface area contributed by atoms with E-state index in [1.165, 1.54) is 19.2 Å². The fourth-order valence-corrected chi connectivity index (χ4v) is 1.14. The molecule has 1 N–H and O–H groups in total. The van der Waals surface area contributed by atoms with E-state index in [1.807, 2.05) is 0 Å². The lowest BCUT2D eigenvalue weighted by Gasteiger charge is -2.03. The molecule has 64 valence electrons. The van der Waals surface area contributed by atoms with E-state index in [-0.39, 0.29) is 9.54 Å². The van der Waals surface area contributed by atoms with Gasteiger partial charge in [0.2, 0.25) is 3.79 Å². The van der Waals surface area contributed by atoms with Gasteiger partial charge < -0.3 is 9.84 Å². The number of carbonyl (C=O) groups is 1. The normalized spacial score (nSPS) is 9.50. The minimum Gasteiger partial charge on any atom is -0.504 e. The highest BCUT2D eigenvalue weighted by atomic mass is 127. The number of hydrogen-bond donors (Lipinski definition) is 1. The Labute approximate surface area is 83.5 Å². The molecule has 0 unspecified atom stereocenters. The Hall–Kier alpha value is -0.780. The average Bonchev–Trinajstić information content (AvgIpc) is 2.05. The molecular weight excluding hydrogens is 271 g/mol. The van der Waals surface area contributed by atoms with E-state index in [9.17, 15) is 9.90 Å². The zero-order valence-corrected chi connectivity index (χ0v) is 8.53. The molecule has 0 aliphatic heterocycles. The van der Waals surface area contributed by atoms with Gasteiger partial charge in [0, 0.05) is 28.2 Å². The van der Waals surface area contributed by atoms with Crippen LogP contribution in [0, 0.1) is 0 Å². The van der Waals surface area contributed by atoms with Crippen LogP contribution in [0.2, 0.25) is 0 Å². The van der Waals surface area contributed by atoms with E-state index in [4.69, 9.17) is 4.74 Å². The summed E-state index contributed by atoms with van der Waals surface area (Å²) in [4.78, 5) is 10.9. The molecule has 0 atom stereocenters. The Kier molecular flexibility index (Phi) is 2.91. The number of halogens is 1. The number of benzene rings is 1. The summed E-state index contributed by atoms with van der Waals surface area (Å²) >= 11 is 1.68. The highest BCUT2D eigenvalue weighted by molar-refractivity contribution is 14.1. The molecule has 1 aromatic carbocycles. The quantitative estimate of drug-likeness (QED) is 0.664. The first-order valence-corrected chi connectivity index (χ1v) is 4.30. The van der Waals surface area contributed by atoms with Crippen LogP contribution in [-0.4, -0.2) is 16.0 Å². The highest BCUT2D eigenvalue weighted by Gasteiger charge is 2.05. The number of phenolic OH excluding ortho intramolecular Hbond substituents is 1. The Morgan fingerprint density at radius 3 is 2.75 bits per heavy atom. The van der Waals surface area contributed by atoms with Gasteiger partial charge in [-0.3, -0.25) is 4.79 Å². The van der Waals surface area contributed by atoms with Crippen LogP contribution < -0.4 is 4.74 Å². The molecule has 0 saturated heterocycles. The second-order valence-electron chi connectivity index (χ2n) is 2.16. The maximum Gasteiger partial charge on any atom is 0.222 e. The molecule has 0 aromatic heterocycles. The number of aromatic hydroxyl groups is 1. The molecule has 0 aliphatic carbocycles. The van der Waals surface area contributed by atoms with Crippen molar-refractivity contribution in [3.63, 3.8) is 0 Å². The van der Waals surface area contributed by atoms with Crippen LogP contribution >= 0.6 is 22.6 Å². The molecule has 3 nitrogen and oxygen atoms in total. The van der Waals surface area contributed by atoms with Crippen molar-refractivity contribution >= 4 is 26.4 Å². The van der Waals surface area contributed by atoms with Gasteiger partial charge in [0.1, 0.15) is 0 Å². The summed E-state index contributed by atoms with van der Waals surface area (Å²) in [5.74, 6) is 0.358. The van der Waals surface area contributed by atoms with Crippen LogP contribution in [0.3, 0.4) is 0 Å². The van der Waals surface area contributed by atoms with Gasteiger partial charge in [0.25, 0.3) is 0 Å². The Balaban J connectivity index is 3.13. The molecule has 4 heteroatoms. The van der Waals surface area contributed by atoms with Crippen LogP contribution in [-0.2, 0) is 0 Å². The Bertz CT molecular complexity index is 309. The standard InChI is InChI=1S/C8H7IO3/c1-12-7-4-5(8(9)11)2-3-6(7)10/h2-4,10H,1H3. The summed E-state index contributed by atoms with van der Waals surface area (Å²) in [5, 5.41) is 9.18. The highest BCUT2D eigenvalue weighted by Crippen LogP contribution is 2.26. The van der Waals surface area contributed by atoms with Crippen molar-refractivity contribution in [1.82, 2.24) is 0 Å². The number of rotatable bonds is 2.